The first kappa shape index (κ1) is 21.5. The number of aromatic nitrogens is 6. The molecule has 2 heterocycles. The molecule has 29 heavy (non-hydrogen) atoms. The van der Waals surface area contributed by atoms with Gasteiger partial charge in [0.15, 0.2) is 5.82 Å². The van der Waals surface area contributed by atoms with E-state index in [9.17, 15) is 4.39 Å². The van der Waals surface area contributed by atoms with Crippen LogP contribution in [-0.4, -0.2) is 30.2 Å². The normalized spacial score (nSPS) is 11.2. The molecule has 8 heteroatoms. The molecule has 0 aliphatic rings. The lowest BCUT2D eigenvalue weighted by atomic mass is 10.1. The number of benzene rings is 1. The third-order valence-electron chi connectivity index (χ3n) is 4.76. The molecule has 1 aromatic carbocycles. The van der Waals surface area contributed by atoms with Gasteiger partial charge in [0.1, 0.15) is 5.82 Å². The van der Waals surface area contributed by atoms with E-state index in [1.54, 1.807) is 12.1 Å². The molecule has 0 bridgehead atoms. The number of nitrogens with one attached hydrogen (secondary N) is 1. The average molecular weight is 417 g/mol. The Balaban J connectivity index is 1.36. The van der Waals surface area contributed by atoms with Crippen LogP contribution in [0.25, 0.3) is 11.4 Å². The highest BCUT2D eigenvalue weighted by Gasteiger charge is 2.08. The van der Waals surface area contributed by atoms with Gasteiger partial charge < -0.3 is 0 Å². The van der Waals surface area contributed by atoms with Crippen molar-refractivity contribution in [1.29, 1.82) is 0 Å². The zero-order valence-electron chi connectivity index (χ0n) is 17.0. The Morgan fingerprint density at radius 2 is 1.72 bits per heavy atom. The Bertz CT molecular complexity index is 845. The van der Waals surface area contributed by atoms with Gasteiger partial charge in [0, 0.05) is 24.1 Å². The van der Waals surface area contributed by atoms with Crippen LogP contribution in [-0.2, 0) is 12.3 Å². The van der Waals surface area contributed by atoms with E-state index in [0.717, 1.165) is 24.2 Å². The van der Waals surface area contributed by atoms with E-state index in [2.05, 4.69) is 32.4 Å². The Kier molecular flexibility index (Phi) is 8.67. The largest absolute Gasteiger partial charge is 0.258 e. The molecule has 0 saturated carbocycles. The minimum atomic E-state index is -0.266. The van der Waals surface area contributed by atoms with Crippen LogP contribution in [0.5, 0.6) is 0 Å². The maximum absolute atomic E-state index is 13.0. The third kappa shape index (κ3) is 7.27. The summed E-state index contributed by atoms with van der Waals surface area (Å²) in [5, 5.41) is 16.2. The second-order valence-corrected chi connectivity index (χ2v) is 8.15. The monoisotopic (exact) mass is 416 g/mol. The summed E-state index contributed by atoms with van der Waals surface area (Å²) in [6, 6.07) is 6.19. The number of unbranched alkanes of at least 4 members (excludes halogenated alkanes) is 7. The molecule has 156 valence electrons. The summed E-state index contributed by atoms with van der Waals surface area (Å²) in [6.45, 7) is 3.17. The van der Waals surface area contributed by atoms with E-state index in [1.165, 1.54) is 68.8 Å². The quantitative estimate of drug-likeness (QED) is 0.288. The molecule has 0 aliphatic carbocycles. The van der Waals surface area contributed by atoms with Crippen molar-refractivity contribution in [2.75, 3.05) is 0 Å². The van der Waals surface area contributed by atoms with Crippen molar-refractivity contribution in [3.63, 3.8) is 0 Å². The van der Waals surface area contributed by atoms with Crippen LogP contribution in [0, 0.1) is 5.82 Å². The van der Waals surface area contributed by atoms with Crippen LogP contribution < -0.4 is 0 Å². The van der Waals surface area contributed by atoms with Crippen LogP contribution in [0.15, 0.2) is 35.6 Å². The highest BCUT2D eigenvalue weighted by molar-refractivity contribution is 7.98. The molecule has 6 nitrogen and oxygen atoms in total. The van der Waals surface area contributed by atoms with E-state index in [4.69, 9.17) is 0 Å². The zero-order valence-corrected chi connectivity index (χ0v) is 17.8. The fourth-order valence-electron chi connectivity index (χ4n) is 3.11. The molecule has 3 aromatic rings. The number of hydrogen-bond donors (Lipinski definition) is 1. The maximum atomic E-state index is 13.0. The van der Waals surface area contributed by atoms with Gasteiger partial charge in [-0.3, -0.25) is 9.78 Å². The van der Waals surface area contributed by atoms with Gasteiger partial charge in [0.2, 0.25) is 5.16 Å². The lowest BCUT2D eigenvalue weighted by Crippen LogP contribution is -1.98. The Morgan fingerprint density at radius 3 is 2.48 bits per heavy atom. The minimum absolute atomic E-state index is 0.266. The van der Waals surface area contributed by atoms with Crippen LogP contribution in [0.2, 0.25) is 0 Å². The predicted molar refractivity (Wildman–Crippen MR) is 114 cm³/mol. The molecular formula is C21H29FN6S. The first-order valence-corrected chi connectivity index (χ1v) is 11.4. The molecular weight excluding hydrogens is 387 g/mol. The lowest BCUT2D eigenvalue weighted by molar-refractivity contribution is 0.511. The number of hydrogen-bond acceptors (Lipinski definition) is 5. The van der Waals surface area contributed by atoms with Crippen LogP contribution >= 0.6 is 11.8 Å². The van der Waals surface area contributed by atoms with E-state index >= 15 is 0 Å². The third-order valence-corrected chi connectivity index (χ3v) is 5.64. The van der Waals surface area contributed by atoms with Crippen molar-refractivity contribution >= 4 is 11.8 Å². The molecule has 0 saturated heterocycles. The summed E-state index contributed by atoms with van der Waals surface area (Å²) >= 11 is 1.50. The molecule has 0 aliphatic heterocycles. The summed E-state index contributed by atoms with van der Waals surface area (Å²) in [5.74, 6) is 1.03. The fraction of sp³-hybridized carbons (Fsp3) is 0.524. The van der Waals surface area contributed by atoms with Crippen molar-refractivity contribution in [1.82, 2.24) is 30.2 Å². The molecule has 0 unspecified atom stereocenters. The fourth-order valence-corrected chi connectivity index (χ4v) is 3.78. The number of aromatic amines is 1. The standard InChI is InChI=1S/C21H29FN6S/c1-2-3-4-5-6-7-8-9-14-28-15-19(24-27-28)16-29-21-23-20(25-26-21)17-10-12-18(22)13-11-17/h10-13,15H,2-9,14,16H2,1H3,(H,23,25,26). The molecule has 0 radical (unpaired) electrons. The molecule has 0 atom stereocenters. The molecule has 2 aromatic heterocycles. The molecule has 1 N–H and O–H groups in total. The van der Waals surface area contributed by atoms with Crippen molar-refractivity contribution < 1.29 is 4.39 Å². The van der Waals surface area contributed by atoms with Gasteiger partial charge in [0.05, 0.1) is 5.69 Å². The Labute approximate surface area is 175 Å². The first-order chi connectivity index (χ1) is 14.2. The summed E-state index contributed by atoms with van der Waals surface area (Å²) in [5.41, 5.74) is 1.73. The second kappa shape index (κ2) is 11.7. The number of thioether (sulfide) groups is 1. The lowest BCUT2D eigenvalue weighted by Gasteiger charge is -2.01. The Hall–Kier alpha value is -2.22. The van der Waals surface area contributed by atoms with Crippen molar-refractivity contribution in [3.05, 3.63) is 42.0 Å². The van der Waals surface area contributed by atoms with Crippen molar-refractivity contribution in [2.24, 2.45) is 0 Å². The van der Waals surface area contributed by atoms with Crippen LogP contribution in [0.4, 0.5) is 4.39 Å². The summed E-state index contributed by atoms with van der Waals surface area (Å²) < 4.78 is 15.0. The van der Waals surface area contributed by atoms with Gasteiger partial charge >= 0.3 is 0 Å². The second-order valence-electron chi connectivity index (χ2n) is 7.21. The topological polar surface area (TPSA) is 72.3 Å². The van der Waals surface area contributed by atoms with E-state index in [-0.39, 0.29) is 5.82 Å². The molecule has 0 fully saturated rings. The maximum Gasteiger partial charge on any atom is 0.209 e. The van der Waals surface area contributed by atoms with E-state index in [0.29, 0.717) is 16.7 Å². The number of rotatable bonds is 13. The van der Waals surface area contributed by atoms with Gasteiger partial charge in [-0.2, -0.15) is 0 Å². The number of aryl methyl sites for hydroxylation is 1. The van der Waals surface area contributed by atoms with Gasteiger partial charge in [-0.1, -0.05) is 68.8 Å². The summed E-state index contributed by atoms with van der Waals surface area (Å²) in [4.78, 5) is 4.45. The van der Waals surface area contributed by atoms with Crippen LogP contribution in [0.3, 0.4) is 0 Å². The molecule has 0 amide bonds. The highest BCUT2D eigenvalue weighted by atomic mass is 32.2. The van der Waals surface area contributed by atoms with E-state index in [1.807, 2.05) is 10.9 Å². The van der Waals surface area contributed by atoms with Gasteiger partial charge in [-0.15, -0.1) is 10.2 Å². The van der Waals surface area contributed by atoms with Crippen molar-refractivity contribution in [2.45, 2.75) is 75.7 Å². The molecule has 0 spiro atoms. The molecule has 3 rings (SSSR count). The summed E-state index contributed by atoms with van der Waals surface area (Å²) in [7, 11) is 0. The van der Waals surface area contributed by atoms with E-state index < -0.39 is 0 Å². The first-order valence-electron chi connectivity index (χ1n) is 10.4. The zero-order chi connectivity index (χ0) is 20.3. The minimum Gasteiger partial charge on any atom is -0.258 e. The highest BCUT2D eigenvalue weighted by Crippen LogP contribution is 2.21. The van der Waals surface area contributed by atoms with Gasteiger partial charge in [0.25, 0.3) is 0 Å². The van der Waals surface area contributed by atoms with Crippen LogP contribution in [0.1, 0.15) is 64.0 Å². The predicted octanol–water partition coefficient (Wildman–Crippen LogP) is 5.64. The Morgan fingerprint density at radius 1 is 1.00 bits per heavy atom. The number of halogens is 1. The smallest absolute Gasteiger partial charge is 0.209 e. The van der Waals surface area contributed by atoms with Gasteiger partial charge in [-0.05, 0) is 30.7 Å². The average Bonchev–Trinajstić information content (AvgIpc) is 3.38. The number of nitrogens with zero attached hydrogens (tertiary/aromatic N) is 5. The number of H-pyrrole nitrogens is 1. The van der Waals surface area contributed by atoms with Gasteiger partial charge in [-0.25, -0.2) is 9.37 Å². The summed E-state index contributed by atoms with van der Waals surface area (Å²) in [6.07, 6.45) is 12.4. The van der Waals surface area contributed by atoms with Crippen molar-refractivity contribution in [3.8, 4) is 11.4 Å². The SMILES string of the molecule is CCCCCCCCCCn1cc(CSc2n[nH]c(-c3ccc(F)cc3)n2)nn1.